The molecule has 0 spiro atoms. The minimum Gasteiger partial charge on any atom is -0.351 e. The molecule has 7 nitrogen and oxygen atoms in total. The topological polar surface area (TPSA) is 88.1 Å². The fourth-order valence-electron chi connectivity index (χ4n) is 3.95. The summed E-state index contributed by atoms with van der Waals surface area (Å²) in [5, 5.41) is 2.73. The van der Waals surface area contributed by atoms with E-state index in [1.807, 2.05) is 0 Å². The molecule has 2 atom stereocenters. The van der Waals surface area contributed by atoms with Gasteiger partial charge in [0.2, 0.25) is 11.8 Å². The highest BCUT2D eigenvalue weighted by atomic mass is 35.5. The van der Waals surface area contributed by atoms with Crippen LogP contribution in [0.4, 0.5) is 18.9 Å². The second kappa shape index (κ2) is 10.7. The molecule has 1 aliphatic carbocycles. The number of halogens is 4. The van der Waals surface area contributed by atoms with E-state index in [0.717, 1.165) is 15.3 Å². The van der Waals surface area contributed by atoms with Crippen LogP contribution in [0.15, 0.2) is 54.6 Å². The van der Waals surface area contributed by atoms with Crippen LogP contribution in [0.25, 0.3) is 10.4 Å². The molecule has 184 valence electrons. The Morgan fingerprint density at radius 2 is 1.83 bits per heavy atom. The fourth-order valence-corrected chi connectivity index (χ4v) is 4.69. The zero-order chi connectivity index (χ0) is 25.0. The third-order valence-corrected chi connectivity index (χ3v) is 6.73. The monoisotopic (exact) mass is 523 g/mol. The van der Waals surface area contributed by atoms with Crippen molar-refractivity contribution in [2.24, 2.45) is 0 Å². The summed E-state index contributed by atoms with van der Waals surface area (Å²) in [6.07, 6.45) is 5.12. The van der Waals surface area contributed by atoms with Crippen molar-refractivity contribution >= 4 is 40.4 Å². The van der Waals surface area contributed by atoms with E-state index in [0.29, 0.717) is 0 Å². The Bertz CT molecular complexity index is 1140. The maximum absolute atomic E-state index is 14.1. The van der Waals surface area contributed by atoms with E-state index in [1.54, 1.807) is 36.0 Å². The molecule has 0 bridgehead atoms. The molecular formula is C23H21ClF3N5O2S. The number of anilines is 1. The van der Waals surface area contributed by atoms with Gasteiger partial charge in [-0.1, -0.05) is 23.7 Å². The van der Waals surface area contributed by atoms with Crippen molar-refractivity contribution in [1.29, 1.82) is 0 Å². The number of carbonyl (C=O) groups excluding carboxylic acids is 2. The SMILES string of the molecule is O=C(NC1CCC(F)(F)CC1)[C@@H](c1cnccn1)N(C(=O)[C@H](F)Cl)c1ccc(-c2cncs2)cc1. The van der Waals surface area contributed by atoms with Crippen molar-refractivity contribution in [2.45, 2.75) is 49.3 Å². The zero-order valence-corrected chi connectivity index (χ0v) is 19.9. The normalized spacial score (nSPS) is 17.4. The summed E-state index contributed by atoms with van der Waals surface area (Å²) in [5.41, 5.74) is 0.331. The zero-order valence-electron chi connectivity index (χ0n) is 18.3. The van der Waals surface area contributed by atoms with Crippen molar-refractivity contribution < 1.29 is 22.8 Å². The number of benzene rings is 1. The van der Waals surface area contributed by atoms with Crippen molar-refractivity contribution in [2.75, 3.05) is 4.90 Å². The highest BCUT2D eigenvalue weighted by molar-refractivity contribution is 7.13. The predicted octanol–water partition coefficient (Wildman–Crippen LogP) is 4.90. The van der Waals surface area contributed by atoms with Crippen LogP contribution in [0.2, 0.25) is 0 Å². The number of thiazole rings is 1. The maximum Gasteiger partial charge on any atom is 0.278 e. The molecule has 1 aliphatic rings. The molecule has 2 aromatic heterocycles. The van der Waals surface area contributed by atoms with Crippen LogP contribution < -0.4 is 10.2 Å². The molecule has 1 aromatic carbocycles. The standard InChI is InChI=1S/C23H21ClF3N5O2S/c24-20(25)22(34)32(16-3-1-14(2-4-16)18-12-29-13-35-18)19(17-11-28-9-10-30-17)21(33)31-15-5-7-23(26,27)8-6-15/h1-4,9-13,15,19-20H,5-8H2,(H,31,33)/t19-,20+/m1/s1. The molecule has 3 aromatic rings. The van der Waals surface area contributed by atoms with Gasteiger partial charge in [0.1, 0.15) is 0 Å². The van der Waals surface area contributed by atoms with E-state index in [4.69, 9.17) is 11.6 Å². The lowest BCUT2D eigenvalue weighted by Gasteiger charge is -2.34. The highest BCUT2D eigenvalue weighted by Gasteiger charge is 2.40. The van der Waals surface area contributed by atoms with E-state index >= 15 is 0 Å². The van der Waals surface area contributed by atoms with Gasteiger partial charge in [-0.3, -0.25) is 29.4 Å². The lowest BCUT2D eigenvalue weighted by molar-refractivity contribution is -0.128. The molecule has 0 unspecified atom stereocenters. The first-order chi connectivity index (χ1) is 16.7. The number of alkyl halides is 4. The smallest absolute Gasteiger partial charge is 0.278 e. The molecule has 4 rings (SSSR count). The summed E-state index contributed by atoms with van der Waals surface area (Å²) in [4.78, 5) is 40.3. The number of aromatic nitrogens is 3. The number of amides is 2. The average Bonchev–Trinajstić information content (AvgIpc) is 3.39. The molecule has 2 heterocycles. The molecule has 12 heteroatoms. The van der Waals surface area contributed by atoms with Gasteiger partial charge in [0, 0.05) is 43.2 Å². The Morgan fingerprint density at radius 1 is 1.11 bits per heavy atom. The van der Waals surface area contributed by atoms with Crippen LogP contribution in [-0.2, 0) is 9.59 Å². The van der Waals surface area contributed by atoms with Gasteiger partial charge in [-0.2, -0.15) is 0 Å². The number of nitrogens with one attached hydrogen (secondary N) is 1. The van der Waals surface area contributed by atoms with Gasteiger partial charge >= 0.3 is 0 Å². The molecular weight excluding hydrogens is 503 g/mol. The summed E-state index contributed by atoms with van der Waals surface area (Å²) in [6.45, 7) is 0. The first-order valence-corrected chi connectivity index (χ1v) is 12.1. The van der Waals surface area contributed by atoms with E-state index in [9.17, 15) is 22.8 Å². The first-order valence-electron chi connectivity index (χ1n) is 10.8. The summed E-state index contributed by atoms with van der Waals surface area (Å²) >= 11 is 6.95. The van der Waals surface area contributed by atoms with Crippen LogP contribution >= 0.6 is 22.9 Å². The lowest BCUT2D eigenvalue weighted by atomic mass is 9.92. The van der Waals surface area contributed by atoms with Gasteiger partial charge in [0.25, 0.3) is 11.5 Å². The third kappa shape index (κ3) is 5.96. The molecule has 1 N–H and O–H groups in total. The van der Waals surface area contributed by atoms with Gasteiger partial charge in [-0.25, -0.2) is 13.2 Å². The number of carbonyl (C=O) groups is 2. The summed E-state index contributed by atoms with van der Waals surface area (Å²) in [7, 11) is 0. The largest absolute Gasteiger partial charge is 0.351 e. The summed E-state index contributed by atoms with van der Waals surface area (Å²) in [6, 6.07) is 4.58. The highest BCUT2D eigenvalue weighted by Crippen LogP contribution is 2.35. The van der Waals surface area contributed by atoms with Crippen LogP contribution in [-0.4, -0.2) is 44.4 Å². The summed E-state index contributed by atoms with van der Waals surface area (Å²) < 4.78 is 41.3. The second-order valence-electron chi connectivity index (χ2n) is 8.09. The van der Waals surface area contributed by atoms with Gasteiger partial charge in [0.05, 0.1) is 22.3 Å². The average molecular weight is 524 g/mol. The Labute approximate surface area is 208 Å². The van der Waals surface area contributed by atoms with Crippen molar-refractivity contribution in [3.05, 3.63) is 60.3 Å². The molecule has 1 saturated carbocycles. The van der Waals surface area contributed by atoms with Gasteiger partial charge in [0.15, 0.2) is 6.04 Å². The quantitative estimate of drug-likeness (QED) is 0.445. The minimum atomic E-state index is -2.77. The predicted molar refractivity (Wildman–Crippen MR) is 126 cm³/mol. The fraction of sp³-hybridized carbons (Fsp3) is 0.348. The lowest BCUT2D eigenvalue weighted by Crippen LogP contribution is -2.49. The van der Waals surface area contributed by atoms with E-state index in [1.165, 1.54) is 29.9 Å². The molecule has 0 saturated heterocycles. The number of rotatable bonds is 7. The maximum atomic E-state index is 14.1. The molecule has 0 radical (unpaired) electrons. The molecule has 0 aliphatic heterocycles. The molecule has 1 fully saturated rings. The van der Waals surface area contributed by atoms with Crippen LogP contribution in [0, 0.1) is 0 Å². The van der Waals surface area contributed by atoms with Crippen LogP contribution in [0.3, 0.4) is 0 Å². The minimum absolute atomic E-state index is 0.0725. The van der Waals surface area contributed by atoms with Crippen LogP contribution in [0.5, 0.6) is 0 Å². The second-order valence-corrected chi connectivity index (χ2v) is 9.36. The number of hydrogen-bond acceptors (Lipinski definition) is 6. The van der Waals surface area contributed by atoms with Gasteiger partial charge in [-0.15, -0.1) is 11.3 Å². The van der Waals surface area contributed by atoms with E-state index < -0.39 is 35.5 Å². The Morgan fingerprint density at radius 3 is 2.40 bits per heavy atom. The van der Waals surface area contributed by atoms with Crippen molar-refractivity contribution in [3.8, 4) is 10.4 Å². The number of nitrogens with zero attached hydrogens (tertiary/aromatic N) is 4. The number of hydrogen-bond donors (Lipinski definition) is 1. The Balaban J connectivity index is 1.68. The van der Waals surface area contributed by atoms with Crippen molar-refractivity contribution in [3.63, 3.8) is 0 Å². The first kappa shape index (κ1) is 25.1. The summed E-state index contributed by atoms with van der Waals surface area (Å²) in [5.74, 6) is -4.64. The van der Waals surface area contributed by atoms with Crippen molar-refractivity contribution in [1.82, 2.24) is 20.3 Å². The Hall–Kier alpha value is -3.05. The van der Waals surface area contributed by atoms with Gasteiger partial charge < -0.3 is 5.32 Å². The van der Waals surface area contributed by atoms with E-state index in [2.05, 4.69) is 20.3 Å². The molecule has 35 heavy (non-hydrogen) atoms. The Kier molecular flexibility index (Phi) is 7.66. The van der Waals surface area contributed by atoms with E-state index in [-0.39, 0.29) is 37.1 Å². The van der Waals surface area contributed by atoms with Gasteiger partial charge in [-0.05, 0) is 30.5 Å². The molecule has 2 amide bonds. The van der Waals surface area contributed by atoms with Crippen LogP contribution in [0.1, 0.15) is 37.4 Å². The third-order valence-electron chi connectivity index (χ3n) is 5.72.